The molecule has 0 saturated carbocycles. The molecule has 1 aromatic heterocycles. The highest BCUT2D eigenvalue weighted by Crippen LogP contribution is 2.19. The number of halogens is 1. The van der Waals surface area contributed by atoms with Crippen LogP contribution in [0.15, 0.2) is 41.8 Å². The Labute approximate surface area is 118 Å². The Morgan fingerprint density at radius 2 is 1.95 bits per heavy atom. The second kappa shape index (κ2) is 6.29. The maximum absolute atomic E-state index is 12.9. The fraction of sp³-hybridized carbons (Fsp3) is 0.143. The Bertz CT molecular complexity index is 595. The molecule has 0 spiro atoms. The van der Waals surface area contributed by atoms with Crippen molar-refractivity contribution in [2.75, 3.05) is 0 Å². The molecule has 0 bridgehead atoms. The molecule has 1 N–H and O–H groups in total. The SMILES string of the molecule is O=C([O-])C[C@H](NC(=O)c1cccs1)c1ccc(F)cc1. The van der Waals surface area contributed by atoms with Gasteiger partial charge in [-0.2, -0.15) is 0 Å². The monoisotopic (exact) mass is 292 g/mol. The van der Waals surface area contributed by atoms with Gasteiger partial charge in [0.2, 0.25) is 0 Å². The first-order valence-corrected chi connectivity index (χ1v) is 6.74. The number of hydrogen-bond acceptors (Lipinski definition) is 4. The molecule has 0 unspecified atom stereocenters. The van der Waals surface area contributed by atoms with Gasteiger partial charge in [-0.05, 0) is 29.1 Å². The number of amides is 1. The molecule has 2 aromatic rings. The van der Waals surface area contributed by atoms with Gasteiger partial charge in [-0.1, -0.05) is 18.2 Å². The number of rotatable bonds is 5. The second-order valence-electron chi connectivity index (χ2n) is 4.13. The first-order chi connectivity index (χ1) is 9.56. The van der Waals surface area contributed by atoms with Gasteiger partial charge in [0.05, 0.1) is 10.9 Å². The van der Waals surface area contributed by atoms with Crippen molar-refractivity contribution in [3.05, 3.63) is 58.0 Å². The maximum atomic E-state index is 12.9. The number of nitrogens with one attached hydrogen (secondary N) is 1. The quantitative estimate of drug-likeness (QED) is 0.908. The molecule has 0 radical (unpaired) electrons. The standard InChI is InChI=1S/C14H12FNO3S/c15-10-5-3-9(4-6-10)11(8-13(17)18)16-14(19)12-2-1-7-20-12/h1-7,11H,8H2,(H,16,19)(H,17,18)/p-1/t11-/m0/s1. The van der Waals surface area contributed by atoms with Gasteiger partial charge in [-0.3, -0.25) is 4.79 Å². The van der Waals surface area contributed by atoms with Crippen molar-refractivity contribution < 1.29 is 19.1 Å². The van der Waals surface area contributed by atoms with Crippen LogP contribution in [-0.2, 0) is 4.79 Å². The number of carbonyl (C=O) groups excluding carboxylic acids is 2. The Kier molecular flexibility index (Phi) is 4.47. The lowest BCUT2D eigenvalue weighted by molar-refractivity contribution is -0.306. The van der Waals surface area contributed by atoms with Gasteiger partial charge in [0.1, 0.15) is 5.82 Å². The van der Waals surface area contributed by atoms with Gasteiger partial charge in [-0.25, -0.2) is 4.39 Å². The van der Waals surface area contributed by atoms with Crippen LogP contribution in [0.2, 0.25) is 0 Å². The highest BCUT2D eigenvalue weighted by Gasteiger charge is 2.16. The third-order valence-corrected chi connectivity index (χ3v) is 3.56. The molecule has 0 saturated heterocycles. The molecule has 104 valence electrons. The molecule has 20 heavy (non-hydrogen) atoms. The molecule has 1 atom stereocenters. The van der Waals surface area contributed by atoms with Crippen LogP contribution in [-0.4, -0.2) is 11.9 Å². The smallest absolute Gasteiger partial charge is 0.261 e. The molecular weight excluding hydrogens is 281 g/mol. The summed E-state index contributed by atoms with van der Waals surface area (Å²) in [5.41, 5.74) is 0.514. The zero-order chi connectivity index (χ0) is 14.5. The summed E-state index contributed by atoms with van der Waals surface area (Å²) in [7, 11) is 0. The number of carboxylic acids is 1. The third-order valence-electron chi connectivity index (χ3n) is 2.69. The zero-order valence-electron chi connectivity index (χ0n) is 10.3. The van der Waals surface area contributed by atoms with Crippen molar-refractivity contribution in [3.8, 4) is 0 Å². The zero-order valence-corrected chi connectivity index (χ0v) is 11.2. The van der Waals surface area contributed by atoms with E-state index in [-0.39, 0.29) is 12.3 Å². The Balaban J connectivity index is 2.17. The average molecular weight is 292 g/mol. The Morgan fingerprint density at radius 3 is 2.50 bits per heavy atom. The minimum atomic E-state index is -1.29. The van der Waals surface area contributed by atoms with Crippen molar-refractivity contribution >= 4 is 23.2 Å². The van der Waals surface area contributed by atoms with Crippen LogP contribution in [0.25, 0.3) is 0 Å². The maximum Gasteiger partial charge on any atom is 0.261 e. The average Bonchev–Trinajstić information content (AvgIpc) is 2.92. The van der Waals surface area contributed by atoms with Crippen LogP contribution in [0.4, 0.5) is 4.39 Å². The van der Waals surface area contributed by atoms with E-state index in [2.05, 4.69) is 5.32 Å². The summed E-state index contributed by atoms with van der Waals surface area (Å²) >= 11 is 1.25. The lowest BCUT2D eigenvalue weighted by Crippen LogP contribution is -2.33. The minimum absolute atomic E-state index is 0.365. The van der Waals surface area contributed by atoms with Gasteiger partial charge in [0.15, 0.2) is 0 Å². The van der Waals surface area contributed by atoms with E-state index in [0.717, 1.165) is 0 Å². The topological polar surface area (TPSA) is 69.2 Å². The predicted octanol–water partition coefficient (Wildman–Crippen LogP) is 1.50. The fourth-order valence-corrected chi connectivity index (χ4v) is 2.38. The number of carboxylic acid groups (broad SMARTS) is 1. The number of carbonyl (C=O) groups is 2. The van der Waals surface area contributed by atoms with Crippen molar-refractivity contribution in [1.29, 1.82) is 0 Å². The first kappa shape index (κ1) is 14.2. The summed E-state index contributed by atoms with van der Waals surface area (Å²) in [5.74, 6) is -2.08. The summed E-state index contributed by atoms with van der Waals surface area (Å²) in [5, 5.41) is 15.1. The van der Waals surface area contributed by atoms with Gasteiger partial charge in [0.25, 0.3) is 5.91 Å². The molecule has 0 aliphatic rings. The van der Waals surface area contributed by atoms with Crippen molar-refractivity contribution in [2.24, 2.45) is 0 Å². The van der Waals surface area contributed by atoms with Crippen LogP contribution in [0.5, 0.6) is 0 Å². The number of aliphatic carboxylic acids is 1. The van der Waals surface area contributed by atoms with E-state index in [4.69, 9.17) is 0 Å². The Hall–Kier alpha value is -2.21. The van der Waals surface area contributed by atoms with Crippen LogP contribution in [0.3, 0.4) is 0 Å². The van der Waals surface area contributed by atoms with Crippen LogP contribution >= 0.6 is 11.3 Å². The summed E-state index contributed by atoms with van der Waals surface area (Å²) in [4.78, 5) is 23.2. The molecule has 4 nitrogen and oxygen atoms in total. The third kappa shape index (κ3) is 3.64. The van der Waals surface area contributed by atoms with Crippen LogP contribution in [0, 0.1) is 5.82 Å². The largest absolute Gasteiger partial charge is 0.550 e. The Morgan fingerprint density at radius 1 is 1.25 bits per heavy atom. The van der Waals surface area contributed by atoms with E-state index < -0.39 is 17.8 Å². The summed E-state index contributed by atoms with van der Waals surface area (Å²) in [6, 6.07) is 7.93. The molecule has 1 aromatic carbocycles. The minimum Gasteiger partial charge on any atom is -0.550 e. The number of benzene rings is 1. The molecule has 1 amide bonds. The molecule has 2 rings (SSSR count). The fourth-order valence-electron chi connectivity index (χ4n) is 1.75. The second-order valence-corrected chi connectivity index (χ2v) is 5.08. The highest BCUT2D eigenvalue weighted by atomic mass is 32.1. The molecule has 6 heteroatoms. The van der Waals surface area contributed by atoms with E-state index in [1.807, 2.05) is 0 Å². The first-order valence-electron chi connectivity index (χ1n) is 5.86. The normalized spacial score (nSPS) is 11.8. The summed E-state index contributed by atoms with van der Waals surface area (Å²) in [6.45, 7) is 0. The van der Waals surface area contributed by atoms with Gasteiger partial charge in [0, 0.05) is 12.4 Å². The molecule has 0 aliphatic heterocycles. The lowest BCUT2D eigenvalue weighted by Gasteiger charge is -2.19. The van der Waals surface area contributed by atoms with Crippen LogP contribution in [0.1, 0.15) is 27.7 Å². The van der Waals surface area contributed by atoms with E-state index in [0.29, 0.717) is 10.4 Å². The van der Waals surface area contributed by atoms with Crippen molar-refractivity contribution in [3.63, 3.8) is 0 Å². The number of thiophene rings is 1. The van der Waals surface area contributed by atoms with E-state index in [9.17, 15) is 19.1 Å². The molecule has 0 fully saturated rings. The van der Waals surface area contributed by atoms with Crippen LogP contribution < -0.4 is 10.4 Å². The van der Waals surface area contributed by atoms with E-state index in [1.165, 1.54) is 35.6 Å². The summed E-state index contributed by atoms with van der Waals surface area (Å²) in [6.07, 6.45) is -0.372. The lowest BCUT2D eigenvalue weighted by atomic mass is 10.0. The van der Waals surface area contributed by atoms with Gasteiger partial charge < -0.3 is 15.2 Å². The van der Waals surface area contributed by atoms with E-state index >= 15 is 0 Å². The van der Waals surface area contributed by atoms with Crippen molar-refractivity contribution in [2.45, 2.75) is 12.5 Å². The summed E-state index contributed by atoms with van der Waals surface area (Å²) < 4.78 is 12.9. The van der Waals surface area contributed by atoms with Gasteiger partial charge >= 0.3 is 0 Å². The molecule has 0 aliphatic carbocycles. The van der Waals surface area contributed by atoms with Gasteiger partial charge in [-0.15, -0.1) is 11.3 Å². The molecule has 1 heterocycles. The number of hydrogen-bond donors (Lipinski definition) is 1. The van der Waals surface area contributed by atoms with Crippen molar-refractivity contribution in [1.82, 2.24) is 5.32 Å². The highest BCUT2D eigenvalue weighted by molar-refractivity contribution is 7.12. The molecular formula is C14H11FNO3S-. The van der Waals surface area contributed by atoms with E-state index in [1.54, 1.807) is 17.5 Å². The predicted molar refractivity (Wildman–Crippen MR) is 70.6 cm³/mol.